The number of anilines is 1. The first-order valence-electron chi connectivity index (χ1n) is 10.5. The van der Waals surface area contributed by atoms with Gasteiger partial charge in [-0.15, -0.1) is 0 Å². The Morgan fingerprint density at radius 1 is 1.06 bits per heavy atom. The molecule has 1 heterocycles. The number of ether oxygens (including phenoxy) is 2. The molecule has 11 heteroatoms. The molecule has 4 rings (SSSR count). The molecule has 0 unspecified atom stereocenters. The number of carbonyl (C=O) groups excluding carboxylic acids is 3. The molecule has 0 radical (unpaired) electrons. The van der Waals surface area contributed by atoms with E-state index in [0.29, 0.717) is 22.6 Å². The third kappa shape index (κ3) is 5.18. The highest BCUT2D eigenvalue weighted by Gasteiger charge is 2.36. The monoisotopic (exact) mass is 507 g/mol. The molecule has 0 atom stereocenters. The van der Waals surface area contributed by atoms with Gasteiger partial charge in [0.25, 0.3) is 17.5 Å². The maximum Gasteiger partial charge on any atom is 0.335 e. The number of nitrogens with one attached hydrogen (secondary N) is 1. The number of hydrogen-bond donors (Lipinski definition) is 1. The van der Waals surface area contributed by atoms with Gasteiger partial charge < -0.3 is 9.47 Å². The molecule has 182 valence electrons. The van der Waals surface area contributed by atoms with Crippen LogP contribution in [0, 0.1) is 10.1 Å². The standard InChI is InChI=1S/C25H18ClN3O7/c1-35-19-8-6-17(7-9-19)28-24(31)20(23(30)27-25(28)32)12-15-5-10-22(21(26)13-15)36-14-16-3-2-4-18(11-16)29(33)34/h2-13H,14H2,1H3,(H,27,30,32)/b20-12+. The van der Waals surface area contributed by atoms with Gasteiger partial charge in [-0.05, 0) is 53.6 Å². The molecule has 1 N–H and O–H groups in total. The van der Waals surface area contributed by atoms with Gasteiger partial charge in [0.2, 0.25) is 0 Å². The molecular weight excluding hydrogens is 490 g/mol. The molecule has 0 aromatic heterocycles. The van der Waals surface area contributed by atoms with E-state index in [2.05, 4.69) is 5.32 Å². The van der Waals surface area contributed by atoms with E-state index in [1.54, 1.807) is 36.4 Å². The number of non-ortho nitro benzene ring substituents is 1. The summed E-state index contributed by atoms with van der Waals surface area (Å²) in [6, 6.07) is 16.0. The van der Waals surface area contributed by atoms with Crippen LogP contribution in [0.15, 0.2) is 72.3 Å². The second-order valence-corrected chi connectivity index (χ2v) is 7.97. The highest BCUT2D eigenvalue weighted by Crippen LogP contribution is 2.29. The Kier molecular flexibility index (Phi) is 6.98. The van der Waals surface area contributed by atoms with Crippen LogP contribution in [-0.4, -0.2) is 29.9 Å². The van der Waals surface area contributed by atoms with Crippen LogP contribution in [0.1, 0.15) is 11.1 Å². The van der Waals surface area contributed by atoms with Crippen molar-refractivity contribution in [3.05, 3.63) is 98.6 Å². The van der Waals surface area contributed by atoms with Crippen LogP contribution < -0.4 is 19.7 Å². The summed E-state index contributed by atoms with van der Waals surface area (Å²) in [5, 5.41) is 13.3. The number of rotatable bonds is 7. The van der Waals surface area contributed by atoms with E-state index in [4.69, 9.17) is 21.1 Å². The van der Waals surface area contributed by atoms with E-state index < -0.39 is 22.8 Å². The lowest BCUT2D eigenvalue weighted by atomic mass is 10.1. The molecule has 1 saturated heterocycles. The third-order valence-electron chi connectivity index (χ3n) is 5.21. The Morgan fingerprint density at radius 2 is 1.81 bits per heavy atom. The van der Waals surface area contributed by atoms with Crippen LogP contribution in [-0.2, 0) is 16.2 Å². The molecule has 3 aromatic rings. The van der Waals surface area contributed by atoms with Crippen molar-refractivity contribution in [1.82, 2.24) is 5.32 Å². The van der Waals surface area contributed by atoms with Gasteiger partial charge in [0.1, 0.15) is 23.7 Å². The maximum atomic E-state index is 13.0. The van der Waals surface area contributed by atoms with E-state index in [0.717, 1.165) is 4.90 Å². The smallest absolute Gasteiger partial charge is 0.335 e. The zero-order chi connectivity index (χ0) is 25.8. The number of amides is 4. The number of urea groups is 1. The minimum absolute atomic E-state index is 0.0433. The molecule has 4 amide bonds. The lowest BCUT2D eigenvalue weighted by molar-refractivity contribution is -0.384. The molecular formula is C25H18ClN3O7. The molecule has 0 bridgehead atoms. The average Bonchev–Trinajstić information content (AvgIpc) is 2.86. The predicted octanol–water partition coefficient (Wildman–Crippen LogP) is 4.50. The van der Waals surface area contributed by atoms with Crippen molar-refractivity contribution in [3.63, 3.8) is 0 Å². The minimum Gasteiger partial charge on any atom is -0.497 e. The topological polar surface area (TPSA) is 128 Å². The fourth-order valence-electron chi connectivity index (χ4n) is 3.43. The van der Waals surface area contributed by atoms with Gasteiger partial charge in [0.15, 0.2) is 0 Å². The summed E-state index contributed by atoms with van der Waals surface area (Å²) in [5.41, 5.74) is 0.956. The Labute approximate surface area is 209 Å². The van der Waals surface area contributed by atoms with Gasteiger partial charge in [-0.3, -0.25) is 25.0 Å². The lowest BCUT2D eigenvalue weighted by Gasteiger charge is -2.26. The van der Waals surface area contributed by atoms with Crippen LogP contribution in [0.25, 0.3) is 6.08 Å². The summed E-state index contributed by atoms with van der Waals surface area (Å²) < 4.78 is 10.8. The summed E-state index contributed by atoms with van der Waals surface area (Å²) >= 11 is 6.32. The number of nitro groups is 1. The molecule has 0 spiro atoms. The van der Waals surface area contributed by atoms with Crippen LogP contribution in [0.3, 0.4) is 0 Å². The fraction of sp³-hybridized carbons (Fsp3) is 0.0800. The Hall–Kier alpha value is -4.70. The highest BCUT2D eigenvalue weighted by atomic mass is 35.5. The molecule has 0 aliphatic carbocycles. The van der Waals surface area contributed by atoms with E-state index >= 15 is 0 Å². The number of nitrogens with zero attached hydrogens (tertiary/aromatic N) is 2. The third-order valence-corrected chi connectivity index (χ3v) is 5.51. The van der Waals surface area contributed by atoms with Crippen molar-refractivity contribution in [2.24, 2.45) is 0 Å². The van der Waals surface area contributed by atoms with Gasteiger partial charge in [-0.2, -0.15) is 0 Å². The van der Waals surface area contributed by atoms with Crippen molar-refractivity contribution < 1.29 is 28.8 Å². The average molecular weight is 508 g/mol. The van der Waals surface area contributed by atoms with Gasteiger partial charge in [0.05, 0.1) is 22.7 Å². The first-order chi connectivity index (χ1) is 17.3. The molecule has 3 aromatic carbocycles. The van der Waals surface area contributed by atoms with Crippen molar-refractivity contribution >= 4 is 46.9 Å². The lowest BCUT2D eigenvalue weighted by Crippen LogP contribution is -2.54. The van der Waals surface area contributed by atoms with Gasteiger partial charge in [0, 0.05) is 12.1 Å². The highest BCUT2D eigenvalue weighted by molar-refractivity contribution is 6.39. The first kappa shape index (κ1) is 24.4. The van der Waals surface area contributed by atoms with Crippen LogP contribution in [0.5, 0.6) is 11.5 Å². The summed E-state index contributed by atoms with van der Waals surface area (Å²) in [6.07, 6.45) is 1.32. The number of carbonyl (C=O) groups is 3. The number of halogens is 1. The zero-order valence-corrected chi connectivity index (χ0v) is 19.5. The number of benzene rings is 3. The Balaban J connectivity index is 1.53. The number of imide groups is 2. The van der Waals surface area contributed by atoms with E-state index in [9.17, 15) is 24.5 Å². The van der Waals surface area contributed by atoms with Crippen molar-refractivity contribution in [3.8, 4) is 11.5 Å². The molecule has 1 aliphatic rings. The SMILES string of the molecule is COc1ccc(N2C(=O)NC(=O)/C(=C\c3ccc(OCc4cccc([N+](=O)[O-])c4)c(Cl)c3)C2=O)cc1. The van der Waals surface area contributed by atoms with Crippen molar-refractivity contribution in [1.29, 1.82) is 0 Å². The van der Waals surface area contributed by atoms with E-state index in [1.807, 2.05) is 0 Å². The van der Waals surface area contributed by atoms with E-state index in [-0.39, 0.29) is 28.6 Å². The number of nitro benzene ring substituents is 1. The zero-order valence-electron chi connectivity index (χ0n) is 18.8. The van der Waals surface area contributed by atoms with Crippen molar-refractivity contribution in [2.75, 3.05) is 12.0 Å². The molecule has 1 aliphatic heterocycles. The summed E-state index contributed by atoms with van der Waals surface area (Å²) in [4.78, 5) is 49.1. The summed E-state index contributed by atoms with van der Waals surface area (Å²) in [6.45, 7) is 0.0433. The van der Waals surface area contributed by atoms with Crippen LogP contribution >= 0.6 is 11.6 Å². The molecule has 1 fully saturated rings. The number of hydrogen-bond acceptors (Lipinski definition) is 7. The van der Waals surface area contributed by atoms with Gasteiger partial charge >= 0.3 is 6.03 Å². The predicted molar refractivity (Wildman–Crippen MR) is 131 cm³/mol. The largest absolute Gasteiger partial charge is 0.497 e. The minimum atomic E-state index is -0.866. The second kappa shape index (κ2) is 10.3. The first-order valence-corrected chi connectivity index (χ1v) is 10.9. The molecule has 36 heavy (non-hydrogen) atoms. The molecule has 10 nitrogen and oxygen atoms in total. The second-order valence-electron chi connectivity index (χ2n) is 7.56. The number of methoxy groups -OCH3 is 1. The Bertz CT molecular complexity index is 1400. The quantitative estimate of drug-likeness (QED) is 0.216. The maximum absolute atomic E-state index is 13.0. The summed E-state index contributed by atoms with van der Waals surface area (Å²) in [7, 11) is 1.49. The number of barbiturate groups is 1. The fourth-order valence-corrected chi connectivity index (χ4v) is 3.68. The molecule has 0 saturated carbocycles. The van der Waals surface area contributed by atoms with Gasteiger partial charge in [-0.25, -0.2) is 9.69 Å². The normalized spacial score (nSPS) is 14.6. The van der Waals surface area contributed by atoms with Crippen molar-refractivity contribution in [2.45, 2.75) is 6.61 Å². The Morgan fingerprint density at radius 3 is 2.47 bits per heavy atom. The van der Waals surface area contributed by atoms with Gasteiger partial charge in [-0.1, -0.05) is 29.8 Å². The van der Waals surface area contributed by atoms with Crippen LogP contribution in [0.2, 0.25) is 5.02 Å². The summed E-state index contributed by atoms with van der Waals surface area (Å²) in [5.74, 6) is -0.786. The van der Waals surface area contributed by atoms with Crippen LogP contribution in [0.4, 0.5) is 16.2 Å². The van der Waals surface area contributed by atoms with E-state index in [1.165, 1.54) is 43.5 Å².